The lowest BCUT2D eigenvalue weighted by Gasteiger charge is -2.06. The molecule has 0 atom stereocenters. The topological polar surface area (TPSA) is 31.2 Å². The maximum atomic E-state index is 11.4. The van der Waals surface area contributed by atoms with Crippen LogP contribution in [0.4, 0.5) is 0 Å². The zero-order valence-electron chi connectivity index (χ0n) is 10.6. The van der Waals surface area contributed by atoms with Crippen molar-refractivity contribution in [3.05, 3.63) is 29.5 Å². The van der Waals surface area contributed by atoms with Crippen LogP contribution in [0.15, 0.2) is 18.2 Å². The number of nitrogens with zero attached hydrogens (tertiary/aromatic N) is 1. The summed E-state index contributed by atoms with van der Waals surface area (Å²) in [6.07, 6.45) is 5.62. The number of carbonyl (C=O) groups is 1. The monoisotopic (exact) mass is 243 g/mol. The summed E-state index contributed by atoms with van der Waals surface area (Å²) in [6.45, 7) is 1.02. The van der Waals surface area contributed by atoms with Gasteiger partial charge in [-0.25, -0.2) is 0 Å². The Labute approximate surface area is 106 Å². The Morgan fingerprint density at radius 2 is 2.17 bits per heavy atom. The van der Waals surface area contributed by atoms with E-state index in [-0.39, 0.29) is 0 Å². The van der Waals surface area contributed by atoms with E-state index in [0.717, 1.165) is 41.5 Å². The van der Waals surface area contributed by atoms with Crippen LogP contribution in [0.5, 0.6) is 5.75 Å². The Kier molecular flexibility index (Phi) is 2.82. The van der Waals surface area contributed by atoms with E-state index in [1.165, 1.54) is 25.0 Å². The van der Waals surface area contributed by atoms with E-state index in [2.05, 4.69) is 10.6 Å². The predicted molar refractivity (Wildman–Crippen MR) is 71.4 cm³/mol. The molecule has 0 fully saturated rings. The van der Waals surface area contributed by atoms with Crippen molar-refractivity contribution in [2.75, 3.05) is 7.11 Å². The normalized spacial score (nSPS) is 15.2. The van der Waals surface area contributed by atoms with Crippen molar-refractivity contribution in [2.24, 2.45) is 0 Å². The van der Waals surface area contributed by atoms with Crippen LogP contribution < -0.4 is 4.74 Å². The second-order valence-corrected chi connectivity index (χ2v) is 4.82. The van der Waals surface area contributed by atoms with Crippen molar-refractivity contribution >= 4 is 17.2 Å². The number of aldehydes is 1. The lowest BCUT2D eigenvalue weighted by Crippen LogP contribution is -2.00. The molecule has 0 saturated heterocycles. The van der Waals surface area contributed by atoms with E-state index in [1.807, 2.05) is 12.1 Å². The van der Waals surface area contributed by atoms with Crippen molar-refractivity contribution in [3.63, 3.8) is 0 Å². The number of aryl methyl sites for hydroxylation is 1. The minimum atomic E-state index is 0.811. The first kappa shape index (κ1) is 11.3. The largest absolute Gasteiger partial charge is 0.497 e. The SMILES string of the molecule is COc1ccc2c(c1)c(C=O)c1n2CCCCC1. The molecule has 1 aliphatic rings. The minimum absolute atomic E-state index is 0.811. The van der Waals surface area contributed by atoms with Gasteiger partial charge in [-0.05, 0) is 37.5 Å². The summed E-state index contributed by atoms with van der Waals surface area (Å²) in [7, 11) is 1.66. The molecule has 1 aliphatic heterocycles. The number of fused-ring (bicyclic) bond motifs is 3. The fourth-order valence-electron chi connectivity index (χ4n) is 2.94. The highest BCUT2D eigenvalue weighted by Gasteiger charge is 2.18. The van der Waals surface area contributed by atoms with Crippen LogP contribution >= 0.6 is 0 Å². The number of ether oxygens (including phenoxy) is 1. The van der Waals surface area contributed by atoms with Gasteiger partial charge < -0.3 is 9.30 Å². The van der Waals surface area contributed by atoms with Crippen LogP contribution in [0.3, 0.4) is 0 Å². The first-order valence-corrected chi connectivity index (χ1v) is 6.49. The first-order chi connectivity index (χ1) is 8.85. The summed E-state index contributed by atoms with van der Waals surface area (Å²) in [4.78, 5) is 11.4. The number of hydrogen-bond donors (Lipinski definition) is 0. The van der Waals surface area contributed by atoms with Crippen LogP contribution in [0, 0.1) is 0 Å². The number of aromatic nitrogens is 1. The Morgan fingerprint density at radius 3 is 2.94 bits per heavy atom. The molecule has 0 amide bonds. The highest BCUT2D eigenvalue weighted by Crippen LogP contribution is 2.31. The molecule has 18 heavy (non-hydrogen) atoms. The summed E-state index contributed by atoms with van der Waals surface area (Å²) < 4.78 is 7.56. The summed E-state index contributed by atoms with van der Waals surface area (Å²) >= 11 is 0. The number of rotatable bonds is 2. The van der Waals surface area contributed by atoms with Crippen LogP contribution in [-0.4, -0.2) is 18.0 Å². The first-order valence-electron chi connectivity index (χ1n) is 6.49. The summed E-state index contributed by atoms with van der Waals surface area (Å²) in [5, 5.41) is 1.03. The minimum Gasteiger partial charge on any atom is -0.497 e. The lowest BCUT2D eigenvalue weighted by atomic mass is 10.1. The van der Waals surface area contributed by atoms with Gasteiger partial charge in [0.15, 0.2) is 6.29 Å². The van der Waals surface area contributed by atoms with Crippen molar-refractivity contribution < 1.29 is 9.53 Å². The van der Waals surface area contributed by atoms with Gasteiger partial charge in [-0.2, -0.15) is 0 Å². The van der Waals surface area contributed by atoms with E-state index in [4.69, 9.17) is 4.74 Å². The molecule has 0 spiro atoms. The average molecular weight is 243 g/mol. The smallest absolute Gasteiger partial charge is 0.152 e. The fourth-order valence-corrected chi connectivity index (χ4v) is 2.94. The molecule has 1 aromatic heterocycles. The van der Waals surface area contributed by atoms with E-state index in [0.29, 0.717) is 0 Å². The van der Waals surface area contributed by atoms with Gasteiger partial charge in [-0.3, -0.25) is 4.79 Å². The van der Waals surface area contributed by atoms with Gasteiger partial charge in [0, 0.05) is 28.7 Å². The molecule has 0 radical (unpaired) electrons. The third kappa shape index (κ3) is 1.62. The van der Waals surface area contributed by atoms with Crippen LogP contribution in [0.2, 0.25) is 0 Å². The molecule has 0 unspecified atom stereocenters. The van der Waals surface area contributed by atoms with E-state index < -0.39 is 0 Å². The van der Waals surface area contributed by atoms with Gasteiger partial charge >= 0.3 is 0 Å². The van der Waals surface area contributed by atoms with Crippen molar-refractivity contribution in [3.8, 4) is 5.75 Å². The Balaban J connectivity index is 2.30. The molecular weight excluding hydrogens is 226 g/mol. The van der Waals surface area contributed by atoms with Crippen molar-refractivity contribution in [2.45, 2.75) is 32.2 Å². The van der Waals surface area contributed by atoms with E-state index in [1.54, 1.807) is 7.11 Å². The summed E-state index contributed by atoms with van der Waals surface area (Å²) in [6, 6.07) is 6.01. The molecule has 3 nitrogen and oxygen atoms in total. The maximum Gasteiger partial charge on any atom is 0.152 e. The van der Waals surface area contributed by atoms with Crippen LogP contribution in [0.25, 0.3) is 10.9 Å². The Hall–Kier alpha value is -1.77. The second-order valence-electron chi connectivity index (χ2n) is 4.82. The zero-order chi connectivity index (χ0) is 12.5. The number of benzene rings is 1. The molecule has 94 valence electrons. The molecule has 3 heteroatoms. The fraction of sp³-hybridized carbons (Fsp3) is 0.400. The van der Waals surface area contributed by atoms with Gasteiger partial charge in [0.1, 0.15) is 5.75 Å². The molecule has 0 bridgehead atoms. The quantitative estimate of drug-likeness (QED) is 0.758. The van der Waals surface area contributed by atoms with Crippen molar-refractivity contribution in [1.29, 1.82) is 0 Å². The number of carbonyl (C=O) groups excluding carboxylic acids is 1. The third-order valence-electron chi connectivity index (χ3n) is 3.83. The lowest BCUT2D eigenvalue weighted by molar-refractivity contribution is 0.112. The van der Waals surface area contributed by atoms with Gasteiger partial charge in [0.2, 0.25) is 0 Å². The van der Waals surface area contributed by atoms with Crippen LogP contribution in [0.1, 0.15) is 35.3 Å². The number of hydrogen-bond acceptors (Lipinski definition) is 2. The molecule has 0 saturated carbocycles. The van der Waals surface area contributed by atoms with E-state index >= 15 is 0 Å². The highest BCUT2D eigenvalue weighted by atomic mass is 16.5. The molecule has 2 aromatic rings. The predicted octanol–water partition coefficient (Wildman–Crippen LogP) is 3.19. The van der Waals surface area contributed by atoms with Crippen molar-refractivity contribution in [1.82, 2.24) is 4.57 Å². The second kappa shape index (κ2) is 4.48. The Morgan fingerprint density at radius 1 is 1.28 bits per heavy atom. The number of methoxy groups -OCH3 is 1. The molecule has 0 aliphatic carbocycles. The van der Waals surface area contributed by atoms with Gasteiger partial charge in [-0.1, -0.05) is 6.42 Å². The summed E-state index contributed by atoms with van der Waals surface area (Å²) in [5.74, 6) is 0.811. The maximum absolute atomic E-state index is 11.4. The third-order valence-corrected chi connectivity index (χ3v) is 3.83. The highest BCUT2D eigenvalue weighted by molar-refractivity contribution is 6.00. The Bertz CT molecular complexity index is 598. The van der Waals surface area contributed by atoms with Gasteiger partial charge in [-0.15, -0.1) is 0 Å². The zero-order valence-corrected chi connectivity index (χ0v) is 10.6. The van der Waals surface area contributed by atoms with Crippen LogP contribution in [-0.2, 0) is 13.0 Å². The van der Waals surface area contributed by atoms with E-state index in [9.17, 15) is 4.79 Å². The molecule has 1 aromatic carbocycles. The van der Waals surface area contributed by atoms with Gasteiger partial charge in [0.25, 0.3) is 0 Å². The standard InChI is InChI=1S/C15H17NO2/c1-18-11-6-7-15-12(9-11)13(10-17)14-5-3-2-4-8-16(14)15/h6-7,9-10H,2-5,8H2,1H3. The molecule has 2 heterocycles. The molecular formula is C15H17NO2. The molecule has 0 N–H and O–H groups in total. The van der Waals surface area contributed by atoms with Gasteiger partial charge in [0.05, 0.1) is 7.11 Å². The summed E-state index contributed by atoms with van der Waals surface area (Å²) in [5.41, 5.74) is 3.21. The average Bonchev–Trinajstić information content (AvgIpc) is 2.56. The molecule has 3 rings (SSSR count).